The zero-order chi connectivity index (χ0) is 28.5. The second-order valence-electron chi connectivity index (χ2n) is 12.8. The highest BCUT2D eigenvalue weighted by Crippen LogP contribution is 2.45. The molecule has 1 N–H and O–H groups in total. The summed E-state index contributed by atoms with van der Waals surface area (Å²) in [5.41, 5.74) is 3.76. The van der Waals surface area contributed by atoms with E-state index in [2.05, 4.69) is 34.6 Å². The summed E-state index contributed by atoms with van der Waals surface area (Å²) in [6.07, 6.45) is 13.1. The molecule has 0 saturated heterocycles. The Labute approximate surface area is 232 Å². The van der Waals surface area contributed by atoms with Gasteiger partial charge in [0.2, 0.25) is 0 Å². The zero-order valence-corrected chi connectivity index (χ0v) is 25.5. The molecule has 1 aromatic carbocycles. The largest absolute Gasteiger partial charge is 0.487 e. The first-order valence-corrected chi connectivity index (χ1v) is 15.1. The van der Waals surface area contributed by atoms with Crippen LogP contribution in [0.4, 0.5) is 0 Å². The lowest BCUT2D eigenvalue weighted by Gasteiger charge is -2.38. The summed E-state index contributed by atoms with van der Waals surface area (Å²) in [6.45, 7) is 17.6. The first-order valence-electron chi connectivity index (χ1n) is 15.1. The maximum Gasteiger partial charge on any atom is 0.311 e. The Hall–Kier alpha value is -2.04. The second-order valence-corrected chi connectivity index (χ2v) is 12.8. The SMILES string of the molecule is Cc1c(C)c2c(c(C)c1OC(=O)CCC(=O)O)CC[C@](C)(CCC[C@@H](C)CCC[C@H](C)CCCC(C)C)O2. The average Bonchev–Trinajstić information content (AvgIpc) is 2.83. The Morgan fingerprint density at radius 3 is 2.03 bits per heavy atom. The molecule has 1 heterocycles. The molecule has 0 radical (unpaired) electrons. The van der Waals surface area contributed by atoms with Gasteiger partial charge in [-0.2, -0.15) is 0 Å². The Morgan fingerprint density at radius 1 is 0.868 bits per heavy atom. The predicted octanol–water partition coefficient (Wildman–Crippen LogP) is 8.90. The van der Waals surface area contributed by atoms with Crippen LogP contribution in [0.5, 0.6) is 11.5 Å². The minimum absolute atomic E-state index is 0.130. The molecule has 1 aliphatic rings. The van der Waals surface area contributed by atoms with Gasteiger partial charge in [0.1, 0.15) is 17.1 Å². The number of hydrogen-bond donors (Lipinski definition) is 1. The van der Waals surface area contributed by atoms with Gasteiger partial charge in [-0.15, -0.1) is 0 Å². The summed E-state index contributed by atoms with van der Waals surface area (Å²) in [4.78, 5) is 23.0. The number of carbonyl (C=O) groups excluding carboxylic acids is 1. The smallest absolute Gasteiger partial charge is 0.311 e. The van der Waals surface area contributed by atoms with E-state index in [9.17, 15) is 9.59 Å². The van der Waals surface area contributed by atoms with Crippen molar-refractivity contribution in [3.63, 3.8) is 0 Å². The molecule has 0 aliphatic carbocycles. The predicted molar refractivity (Wildman–Crippen MR) is 155 cm³/mol. The van der Waals surface area contributed by atoms with Gasteiger partial charge in [0.25, 0.3) is 0 Å². The van der Waals surface area contributed by atoms with Crippen LogP contribution >= 0.6 is 0 Å². The van der Waals surface area contributed by atoms with Crippen LogP contribution in [0.1, 0.15) is 134 Å². The summed E-state index contributed by atoms with van der Waals surface area (Å²) < 4.78 is 12.3. The lowest BCUT2D eigenvalue weighted by molar-refractivity contribution is -0.142. The van der Waals surface area contributed by atoms with E-state index in [1.165, 1.54) is 51.4 Å². The quantitative estimate of drug-likeness (QED) is 0.171. The standard InChI is InChI=1S/C33H54O5/c1-22(2)12-9-13-23(3)14-10-15-24(4)16-11-20-33(8)21-19-28-27(7)31(25(5)26(6)32(28)38-33)37-30(36)18-17-29(34)35/h22-24H,9-21H2,1-8H3,(H,34,35)/t23-,24+,33+/m1/s1. The molecule has 38 heavy (non-hydrogen) atoms. The van der Waals surface area contributed by atoms with Crippen LogP contribution in [0.2, 0.25) is 0 Å². The molecule has 0 fully saturated rings. The van der Waals surface area contributed by atoms with E-state index in [0.717, 1.165) is 65.0 Å². The van der Waals surface area contributed by atoms with Crippen molar-refractivity contribution in [3.05, 3.63) is 22.3 Å². The Morgan fingerprint density at radius 2 is 1.45 bits per heavy atom. The van der Waals surface area contributed by atoms with Gasteiger partial charge >= 0.3 is 11.9 Å². The molecular formula is C33H54O5. The highest BCUT2D eigenvalue weighted by atomic mass is 16.5. The van der Waals surface area contributed by atoms with Gasteiger partial charge in [-0.25, -0.2) is 0 Å². The monoisotopic (exact) mass is 530 g/mol. The number of aliphatic carboxylic acids is 1. The van der Waals surface area contributed by atoms with Crippen molar-refractivity contribution in [1.29, 1.82) is 0 Å². The lowest BCUT2D eigenvalue weighted by atomic mass is 9.83. The Balaban J connectivity index is 1.87. The van der Waals surface area contributed by atoms with Crippen LogP contribution in [-0.2, 0) is 16.0 Å². The number of hydrogen-bond acceptors (Lipinski definition) is 4. The van der Waals surface area contributed by atoms with Crippen molar-refractivity contribution in [1.82, 2.24) is 0 Å². The van der Waals surface area contributed by atoms with Crippen molar-refractivity contribution in [3.8, 4) is 11.5 Å². The third kappa shape index (κ3) is 9.93. The van der Waals surface area contributed by atoms with Gasteiger partial charge in [0.15, 0.2) is 0 Å². The van der Waals surface area contributed by atoms with E-state index in [1.54, 1.807) is 0 Å². The van der Waals surface area contributed by atoms with Gasteiger partial charge in [0.05, 0.1) is 12.8 Å². The van der Waals surface area contributed by atoms with Gasteiger partial charge < -0.3 is 14.6 Å². The van der Waals surface area contributed by atoms with Gasteiger partial charge in [-0.3, -0.25) is 9.59 Å². The maximum absolute atomic E-state index is 12.2. The Kier molecular flexibility index (Phi) is 12.6. The first-order chi connectivity index (χ1) is 17.8. The molecule has 1 aromatic rings. The average molecular weight is 531 g/mol. The molecule has 0 bridgehead atoms. The topological polar surface area (TPSA) is 72.8 Å². The molecule has 216 valence electrons. The minimum Gasteiger partial charge on any atom is -0.487 e. The molecule has 0 spiro atoms. The number of rotatable bonds is 16. The first kappa shape index (κ1) is 32.2. The molecule has 5 nitrogen and oxygen atoms in total. The lowest BCUT2D eigenvalue weighted by Crippen LogP contribution is -2.37. The van der Waals surface area contributed by atoms with E-state index in [-0.39, 0.29) is 18.4 Å². The third-order valence-corrected chi connectivity index (χ3v) is 8.60. The number of carbonyl (C=O) groups is 2. The van der Waals surface area contributed by atoms with Crippen LogP contribution in [-0.4, -0.2) is 22.6 Å². The zero-order valence-electron chi connectivity index (χ0n) is 25.5. The fourth-order valence-electron chi connectivity index (χ4n) is 5.79. The van der Waals surface area contributed by atoms with Crippen LogP contribution in [0, 0.1) is 38.5 Å². The van der Waals surface area contributed by atoms with Gasteiger partial charge in [0, 0.05) is 5.56 Å². The van der Waals surface area contributed by atoms with Crippen molar-refractivity contribution in [2.24, 2.45) is 17.8 Å². The molecule has 0 amide bonds. The molecule has 5 heteroatoms. The summed E-state index contributed by atoms with van der Waals surface area (Å²) >= 11 is 0. The highest BCUT2D eigenvalue weighted by molar-refractivity contribution is 5.79. The van der Waals surface area contributed by atoms with Gasteiger partial charge in [-0.1, -0.05) is 72.6 Å². The molecule has 2 rings (SSSR count). The summed E-state index contributed by atoms with van der Waals surface area (Å²) in [6, 6.07) is 0. The fourth-order valence-corrected chi connectivity index (χ4v) is 5.79. The van der Waals surface area contributed by atoms with Crippen molar-refractivity contribution in [2.45, 2.75) is 144 Å². The summed E-state index contributed by atoms with van der Waals surface area (Å²) in [7, 11) is 0. The van der Waals surface area contributed by atoms with E-state index < -0.39 is 11.9 Å². The van der Waals surface area contributed by atoms with E-state index in [4.69, 9.17) is 14.6 Å². The number of fused-ring (bicyclic) bond motifs is 1. The number of carboxylic acids is 1. The number of carboxylic acid groups (broad SMARTS) is 1. The van der Waals surface area contributed by atoms with Gasteiger partial charge in [-0.05, 0) is 87.8 Å². The minimum atomic E-state index is -0.999. The number of esters is 1. The molecule has 3 atom stereocenters. The third-order valence-electron chi connectivity index (χ3n) is 8.60. The Bertz CT molecular complexity index is 934. The molecule has 1 aliphatic heterocycles. The normalized spacial score (nSPS) is 18.6. The van der Waals surface area contributed by atoms with Crippen LogP contribution < -0.4 is 9.47 Å². The second kappa shape index (κ2) is 14.9. The van der Waals surface area contributed by atoms with Crippen molar-refractivity contribution < 1.29 is 24.2 Å². The molecule has 0 saturated carbocycles. The summed E-state index contributed by atoms with van der Waals surface area (Å²) in [5.74, 6) is 2.42. The summed E-state index contributed by atoms with van der Waals surface area (Å²) in [5, 5.41) is 8.85. The highest BCUT2D eigenvalue weighted by Gasteiger charge is 2.34. The van der Waals surface area contributed by atoms with Crippen LogP contribution in [0.15, 0.2) is 0 Å². The number of ether oxygens (including phenoxy) is 2. The number of benzene rings is 1. The fraction of sp³-hybridized carbons (Fsp3) is 0.758. The van der Waals surface area contributed by atoms with Crippen molar-refractivity contribution in [2.75, 3.05) is 0 Å². The van der Waals surface area contributed by atoms with Crippen LogP contribution in [0.3, 0.4) is 0 Å². The molecule has 0 aromatic heterocycles. The molecule has 0 unspecified atom stereocenters. The molecular weight excluding hydrogens is 476 g/mol. The van der Waals surface area contributed by atoms with Crippen LogP contribution in [0.25, 0.3) is 0 Å². The van der Waals surface area contributed by atoms with Crippen molar-refractivity contribution >= 4 is 11.9 Å². The van der Waals surface area contributed by atoms with E-state index >= 15 is 0 Å². The van der Waals surface area contributed by atoms with E-state index in [0.29, 0.717) is 5.75 Å². The van der Waals surface area contributed by atoms with E-state index in [1.807, 2.05) is 20.8 Å². The maximum atomic E-state index is 12.2.